The molecule has 1 aromatic heterocycles. The van der Waals surface area contributed by atoms with E-state index in [4.69, 9.17) is 21.4 Å². The predicted molar refractivity (Wildman–Crippen MR) is 52.1 cm³/mol. The molecule has 0 aliphatic carbocycles. The zero-order chi connectivity index (χ0) is 10.0. The summed E-state index contributed by atoms with van der Waals surface area (Å²) in [6.07, 6.45) is -0.00579. The summed E-state index contributed by atoms with van der Waals surface area (Å²) in [7, 11) is 0. The highest BCUT2D eigenvalue weighted by Crippen LogP contribution is 2.34. The third-order valence-corrected chi connectivity index (χ3v) is 2.54. The van der Waals surface area contributed by atoms with Crippen LogP contribution in [0, 0.1) is 0 Å². The Labute approximate surface area is 84.9 Å². The second-order valence-electron chi connectivity index (χ2n) is 2.72. The van der Waals surface area contributed by atoms with E-state index < -0.39 is 5.97 Å². The van der Waals surface area contributed by atoms with Crippen molar-refractivity contribution in [2.45, 2.75) is 20.0 Å². The molecule has 0 fully saturated rings. The van der Waals surface area contributed by atoms with E-state index in [0.717, 1.165) is 11.3 Å². The highest BCUT2D eigenvalue weighted by molar-refractivity contribution is 7.18. The van der Waals surface area contributed by atoms with Crippen molar-refractivity contribution >= 4 is 28.9 Å². The predicted octanol–water partition coefficient (Wildman–Crippen LogP) is 2.89. The maximum atomic E-state index is 10.5. The third kappa shape index (κ3) is 2.60. The fraction of sp³-hybridized carbons (Fsp3) is 0.375. The van der Waals surface area contributed by atoms with Crippen LogP contribution in [0.2, 0.25) is 4.34 Å². The van der Waals surface area contributed by atoms with Gasteiger partial charge in [-0.1, -0.05) is 11.6 Å². The average molecular weight is 221 g/mol. The van der Waals surface area contributed by atoms with E-state index in [-0.39, 0.29) is 11.0 Å². The first kappa shape index (κ1) is 10.3. The van der Waals surface area contributed by atoms with Crippen LogP contribution in [-0.4, -0.2) is 17.2 Å². The Balaban J connectivity index is 2.90. The van der Waals surface area contributed by atoms with Crippen molar-refractivity contribution in [2.24, 2.45) is 0 Å². The molecule has 1 heterocycles. The van der Waals surface area contributed by atoms with Crippen LogP contribution < -0.4 is 4.74 Å². The first-order chi connectivity index (χ1) is 6.00. The van der Waals surface area contributed by atoms with E-state index in [1.807, 2.05) is 13.8 Å². The van der Waals surface area contributed by atoms with Crippen LogP contribution in [0.1, 0.15) is 23.5 Å². The molecular weight excluding hydrogens is 212 g/mol. The van der Waals surface area contributed by atoms with Crippen molar-refractivity contribution in [1.82, 2.24) is 0 Å². The fourth-order valence-corrected chi connectivity index (χ4v) is 1.79. The molecule has 5 heteroatoms. The molecule has 1 rings (SSSR count). The van der Waals surface area contributed by atoms with Gasteiger partial charge in [-0.05, 0) is 13.8 Å². The summed E-state index contributed by atoms with van der Waals surface area (Å²) in [6, 6.07) is 1.44. The van der Waals surface area contributed by atoms with Gasteiger partial charge in [-0.2, -0.15) is 0 Å². The molecule has 0 aliphatic heterocycles. The minimum atomic E-state index is -0.981. The molecular formula is C8H9ClO3S. The topological polar surface area (TPSA) is 46.5 Å². The van der Waals surface area contributed by atoms with Gasteiger partial charge in [-0.25, -0.2) is 4.79 Å². The standard InChI is InChI=1S/C8H9ClO3S/c1-4(2)12-5-3-6(8(10)11)13-7(5)9/h3-4H,1-2H3,(H,10,11). The zero-order valence-electron chi connectivity index (χ0n) is 7.20. The van der Waals surface area contributed by atoms with Gasteiger partial charge in [-0.3, -0.25) is 0 Å². The van der Waals surface area contributed by atoms with Crippen molar-refractivity contribution in [1.29, 1.82) is 0 Å². The number of rotatable bonds is 3. The molecule has 0 atom stereocenters. The first-order valence-corrected chi connectivity index (χ1v) is 4.89. The molecule has 1 N–H and O–H groups in total. The van der Waals surface area contributed by atoms with Gasteiger partial charge in [0.15, 0.2) is 0 Å². The Morgan fingerprint density at radius 1 is 1.69 bits per heavy atom. The number of aromatic carboxylic acids is 1. The van der Waals surface area contributed by atoms with E-state index in [9.17, 15) is 4.79 Å². The van der Waals surface area contributed by atoms with E-state index in [1.165, 1.54) is 6.07 Å². The molecule has 0 radical (unpaired) electrons. The van der Waals surface area contributed by atoms with Gasteiger partial charge < -0.3 is 9.84 Å². The normalized spacial score (nSPS) is 10.5. The van der Waals surface area contributed by atoms with Gasteiger partial charge in [0.2, 0.25) is 0 Å². The van der Waals surface area contributed by atoms with E-state index in [2.05, 4.69) is 0 Å². The van der Waals surface area contributed by atoms with Crippen LogP contribution in [0.15, 0.2) is 6.07 Å². The lowest BCUT2D eigenvalue weighted by atomic mass is 10.4. The molecule has 3 nitrogen and oxygen atoms in total. The minimum Gasteiger partial charge on any atom is -0.489 e. The Kier molecular flexibility index (Phi) is 3.17. The number of carboxylic acid groups (broad SMARTS) is 1. The Morgan fingerprint density at radius 3 is 2.69 bits per heavy atom. The molecule has 0 spiro atoms. The number of carbonyl (C=O) groups is 1. The number of hydrogen-bond acceptors (Lipinski definition) is 3. The van der Waals surface area contributed by atoms with E-state index >= 15 is 0 Å². The van der Waals surface area contributed by atoms with Crippen LogP contribution in [0.5, 0.6) is 5.75 Å². The lowest BCUT2D eigenvalue weighted by Gasteiger charge is -2.06. The summed E-state index contributed by atoms with van der Waals surface area (Å²) in [5, 5.41) is 8.65. The van der Waals surface area contributed by atoms with Crippen LogP contribution >= 0.6 is 22.9 Å². The number of ether oxygens (including phenoxy) is 1. The van der Waals surface area contributed by atoms with Gasteiger partial charge in [0.05, 0.1) is 6.10 Å². The lowest BCUT2D eigenvalue weighted by molar-refractivity contribution is 0.0701. The van der Waals surface area contributed by atoms with Crippen molar-refractivity contribution in [3.63, 3.8) is 0 Å². The van der Waals surface area contributed by atoms with Crippen molar-refractivity contribution in [3.8, 4) is 5.75 Å². The molecule has 0 saturated carbocycles. The number of thiophene rings is 1. The van der Waals surface area contributed by atoms with E-state index in [1.54, 1.807) is 0 Å². The van der Waals surface area contributed by atoms with Gasteiger partial charge in [0.1, 0.15) is 15.0 Å². The molecule has 72 valence electrons. The Morgan fingerprint density at radius 2 is 2.31 bits per heavy atom. The summed E-state index contributed by atoms with van der Waals surface area (Å²) < 4.78 is 5.67. The van der Waals surface area contributed by atoms with Crippen LogP contribution in [0.25, 0.3) is 0 Å². The maximum absolute atomic E-state index is 10.5. The van der Waals surface area contributed by atoms with Crippen molar-refractivity contribution in [3.05, 3.63) is 15.3 Å². The number of carboxylic acids is 1. The second kappa shape index (κ2) is 3.98. The lowest BCUT2D eigenvalue weighted by Crippen LogP contribution is -2.04. The molecule has 1 aromatic rings. The summed E-state index contributed by atoms with van der Waals surface area (Å²) >= 11 is 6.77. The largest absolute Gasteiger partial charge is 0.489 e. The van der Waals surface area contributed by atoms with Crippen LogP contribution in [-0.2, 0) is 0 Å². The monoisotopic (exact) mass is 220 g/mol. The molecule has 0 bridgehead atoms. The summed E-state index contributed by atoms with van der Waals surface area (Å²) in [5.41, 5.74) is 0. The molecule has 0 aliphatic rings. The van der Waals surface area contributed by atoms with Crippen LogP contribution in [0.4, 0.5) is 0 Å². The second-order valence-corrected chi connectivity index (χ2v) is 4.37. The first-order valence-electron chi connectivity index (χ1n) is 3.70. The molecule has 0 saturated heterocycles. The van der Waals surface area contributed by atoms with Gasteiger partial charge in [-0.15, -0.1) is 11.3 Å². The molecule has 13 heavy (non-hydrogen) atoms. The average Bonchev–Trinajstić information content (AvgIpc) is 2.31. The molecule has 0 amide bonds. The highest BCUT2D eigenvalue weighted by Gasteiger charge is 2.13. The smallest absolute Gasteiger partial charge is 0.346 e. The van der Waals surface area contributed by atoms with Gasteiger partial charge in [0.25, 0.3) is 0 Å². The van der Waals surface area contributed by atoms with Gasteiger partial charge >= 0.3 is 5.97 Å². The maximum Gasteiger partial charge on any atom is 0.346 e. The summed E-state index contributed by atoms with van der Waals surface area (Å²) in [6.45, 7) is 3.71. The third-order valence-electron chi connectivity index (χ3n) is 1.23. The SMILES string of the molecule is CC(C)Oc1cc(C(=O)O)sc1Cl. The van der Waals surface area contributed by atoms with Crippen LogP contribution in [0.3, 0.4) is 0 Å². The van der Waals surface area contributed by atoms with E-state index in [0.29, 0.717) is 10.1 Å². The van der Waals surface area contributed by atoms with Gasteiger partial charge in [0, 0.05) is 6.07 Å². The Bertz CT molecular complexity index is 319. The fourth-order valence-electron chi connectivity index (χ4n) is 0.792. The van der Waals surface area contributed by atoms with Crippen molar-refractivity contribution in [2.75, 3.05) is 0 Å². The minimum absolute atomic E-state index is 0.00579. The quantitative estimate of drug-likeness (QED) is 0.852. The number of hydrogen-bond donors (Lipinski definition) is 1. The molecule has 0 aromatic carbocycles. The number of halogens is 1. The Hall–Kier alpha value is -0.740. The molecule has 0 unspecified atom stereocenters. The summed E-state index contributed by atoms with van der Waals surface area (Å²) in [5.74, 6) is -0.537. The highest BCUT2D eigenvalue weighted by atomic mass is 35.5. The zero-order valence-corrected chi connectivity index (χ0v) is 8.78. The van der Waals surface area contributed by atoms with Crippen molar-refractivity contribution < 1.29 is 14.6 Å². The summed E-state index contributed by atoms with van der Waals surface area (Å²) in [4.78, 5) is 10.7.